The summed E-state index contributed by atoms with van der Waals surface area (Å²) in [6.45, 7) is 7.75. The van der Waals surface area contributed by atoms with Crippen LogP contribution in [-0.2, 0) is 11.3 Å². The predicted octanol–water partition coefficient (Wildman–Crippen LogP) is 3.09. The van der Waals surface area contributed by atoms with Crippen LogP contribution < -0.4 is 0 Å². The lowest BCUT2D eigenvalue weighted by Crippen LogP contribution is -2.20. The van der Waals surface area contributed by atoms with Crippen molar-refractivity contribution in [1.29, 1.82) is 0 Å². The first kappa shape index (κ1) is 17.2. The summed E-state index contributed by atoms with van der Waals surface area (Å²) >= 11 is 0. The molecule has 23 heavy (non-hydrogen) atoms. The number of hydrogen-bond acceptors (Lipinski definition) is 3. The van der Waals surface area contributed by atoms with Crippen LogP contribution in [0.3, 0.4) is 0 Å². The molecule has 5 heteroatoms. The molecule has 0 bridgehead atoms. The minimum atomic E-state index is -0.738. The monoisotopic (exact) mass is 315 g/mol. The van der Waals surface area contributed by atoms with E-state index in [1.165, 1.54) is 11.1 Å². The highest BCUT2D eigenvalue weighted by Crippen LogP contribution is 2.21. The Morgan fingerprint density at radius 3 is 2.61 bits per heavy atom. The molecule has 0 fully saturated rings. The van der Waals surface area contributed by atoms with E-state index in [0.29, 0.717) is 6.42 Å². The molecule has 1 heterocycles. The first-order valence-corrected chi connectivity index (χ1v) is 7.91. The van der Waals surface area contributed by atoms with Gasteiger partial charge in [0, 0.05) is 24.2 Å². The van der Waals surface area contributed by atoms with E-state index in [-0.39, 0.29) is 6.42 Å². The molecule has 5 nitrogen and oxygen atoms in total. The van der Waals surface area contributed by atoms with E-state index in [4.69, 9.17) is 10.2 Å². The maximum Gasteiger partial charge on any atom is 0.303 e. The molecule has 0 unspecified atom stereocenters. The summed E-state index contributed by atoms with van der Waals surface area (Å²) in [5, 5.41) is 13.4. The number of aromatic nitrogens is 2. The van der Waals surface area contributed by atoms with Crippen molar-refractivity contribution in [3.8, 4) is 5.69 Å². The third kappa shape index (κ3) is 4.20. The van der Waals surface area contributed by atoms with Gasteiger partial charge in [-0.15, -0.1) is 0 Å². The lowest BCUT2D eigenvalue weighted by atomic mass is 10.1. The van der Waals surface area contributed by atoms with Crippen LogP contribution in [0.2, 0.25) is 0 Å². The van der Waals surface area contributed by atoms with Crippen LogP contribution in [0, 0.1) is 20.8 Å². The number of aryl methyl sites for hydroxylation is 2. The Bertz CT molecular complexity index is 692. The molecule has 0 amide bonds. The second-order valence-corrected chi connectivity index (χ2v) is 6.08. The van der Waals surface area contributed by atoms with Crippen molar-refractivity contribution in [1.82, 2.24) is 14.7 Å². The Hall–Kier alpha value is -2.14. The fourth-order valence-corrected chi connectivity index (χ4v) is 2.79. The van der Waals surface area contributed by atoms with Crippen LogP contribution in [0.1, 0.15) is 35.4 Å². The van der Waals surface area contributed by atoms with Crippen molar-refractivity contribution in [3.05, 3.63) is 46.8 Å². The molecule has 0 atom stereocenters. The SMILES string of the molecule is Cc1ccccc1-n1nc(C)c(CN(C)CCCC(=O)O)c1C. The molecule has 124 valence electrons. The second-order valence-electron chi connectivity index (χ2n) is 6.08. The van der Waals surface area contributed by atoms with Gasteiger partial charge in [0.1, 0.15) is 0 Å². The zero-order valence-corrected chi connectivity index (χ0v) is 14.3. The third-order valence-electron chi connectivity index (χ3n) is 4.14. The van der Waals surface area contributed by atoms with Gasteiger partial charge in [-0.1, -0.05) is 18.2 Å². The smallest absolute Gasteiger partial charge is 0.303 e. The fourth-order valence-electron chi connectivity index (χ4n) is 2.79. The largest absolute Gasteiger partial charge is 0.481 e. The van der Waals surface area contributed by atoms with Crippen LogP contribution >= 0.6 is 0 Å². The fraction of sp³-hybridized carbons (Fsp3) is 0.444. The predicted molar refractivity (Wildman–Crippen MR) is 91.0 cm³/mol. The van der Waals surface area contributed by atoms with E-state index in [0.717, 1.165) is 30.2 Å². The van der Waals surface area contributed by atoms with Gasteiger partial charge >= 0.3 is 5.97 Å². The molecule has 1 aromatic carbocycles. The molecule has 1 aromatic heterocycles. The number of nitrogens with zero attached hydrogens (tertiary/aromatic N) is 3. The topological polar surface area (TPSA) is 58.4 Å². The summed E-state index contributed by atoms with van der Waals surface area (Å²) < 4.78 is 2.01. The Balaban J connectivity index is 2.15. The Labute approximate surface area is 137 Å². The summed E-state index contributed by atoms with van der Waals surface area (Å²) in [6.07, 6.45) is 0.876. The summed E-state index contributed by atoms with van der Waals surface area (Å²) in [5.74, 6) is -0.738. The van der Waals surface area contributed by atoms with Crippen LogP contribution in [0.25, 0.3) is 5.69 Å². The molecular formula is C18H25N3O2. The molecular weight excluding hydrogens is 290 g/mol. The number of rotatable bonds is 7. The Morgan fingerprint density at radius 2 is 1.96 bits per heavy atom. The number of carbonyl (C=O) groups is 1. The summed E-state index contributed by atoms with van der Waals surface area (Å²) in [6, 6.07) is 8.22. The molecule has 0 spiro atoms. The molecule has 0 saturated carbocycles. The zero-order valence-electron chi connectivity index (χ0n) is 14.3. The van der Waals surface area contributed by atoms with E-state index >= 15 is 0 Å². The molecule has 0 aliphatic carbocycles. The molecule has 1 N–H and O–H groups in total. The number of carboxylic acids is 1. The highest BCUT2D eigenvalue weighted by Gasteiger charge is 2.15. The van der Waals surface area contributed by atoms with E-state index < -0.39 is 5.97 Å². The van der Waals surface area contributed by atoms with Gasteiger partial charge in [-0.2, -0.15) is 5.10 Å². The van der Waals surface area contributed by atoms with Gasteiger partial charge in [-0.3, -0.25) is 4.79 Å². The molecule has 0 aliphatic rings. The van der Waals surface area contributed by atoms with E-state index in [1.54, 1.807) is 0 Å². The first-order valence-electron chi connectivity index (χ1n) is 7.91. The number of carboxylic acid groups (broad SMARTS) is 1. The maximum absolute atomic E-state index is 10.6. The van der Waals surface area contributed by atoms with E-state index in [9.17, 15) is 4.79 Å². The van der Waals surface area contributed by atoms with Crippen molar-refractivity contribution < 1.29 is 9.90 Å². The number of aliphatic carboxylic acids is 1. The van der Waals surface area contributed by atoms with Crippen molar-refractivity contribution in [3.63, 3.8) is 0 Å². The quantitative estimate of drug-likeness (QED) is 0.853. The van der Waals surface area contributed by atoms with Gasteiger partial charge in [0.25, 0.3) is 0 Å². The summed E-state index contributed by atoms with van der Waals surface area (Å²) in [5.41, 5.74) is 5.68. The summed E-state index contributed by atoms with van der Waals surface area (Å²) in [7, 11) is 2.02. The van der Waals surface area contributed by atoms with Gasteiger partial charge in [-0.05, 0) is 52.4 Å². The first-order chi connectivity index (χ1) is 10.9. The van der Waals surface area contributed by atoms with E-state index in [1.807, 2.05) is 30.8 Å². The lowest BCUT2D eigenvalue weighted by Gasteiger charge is -2.16. The average molecular weight is 315 g/mol. The van der Waals surface area contributed by atoms with Gasteiger partial charge in [0.05, 0.1) is 11.4 Å². The van der Waals surface area contributed by atoms with Gasteiger partial charge in [0.15, 0.2) is 0 Å². The highest BCUT2D eigenvalue weighted by atomic mass is 16.4. The average Bonchev–Trinajstić information content (AvgIpc) is 2.75. The Kier molecular flexibility index (Phi) is 5.55. The van der Waals surface area contributed by atoms with Crippen LogP contribution in [-0.4, -0.2) is 39.3 Å². The number of para-hydroxylation sites is 1. The molecule has 0 saturated heterocycles. The lowest BCUT2D eigenvalue weighted by molar-refractivity contribution is -0.137. The Morgan fingerprint density at radius 1 is 1.26 bits per heavy atom. The number of hydrogen-bond donors (Lipinski definition) is 1. The minimum absolute atomic E-state index is 0.213. The third-order valence-corrected chi connectivity index (χ3v) is 4.14. The van der Waals surface area contributed by atoms with Crippen LogP contribution in [0.5, 0.6) is 0 Å². The van der Waals surface area contributed by atoms with Crippen molar-refractivity contribution in [2.24, 2.45) is 0 Å². The molecule has 2 rings (SSSR count). The van der Waals surface area contributed by atoms with Crippen LogP contribution in [0.4, 0.5) is 0 Å². The molecule has 0 aliphatic heterocycles. The summed E-state index contributed by atoms with van der Waals surface area (Å²) in [4.78, 5) is 12.8. The van der Waals surface area contributed by atoms with E-state index in [2.05, 4.69) is 30.9 Å². The normalized spacial score (nSPS) is 11.2. The number of benzene rings is 1. The minimum Gasteiger partial charge on any atom is -0.481 e. The van der Waals surface area contributed by atoms with Crippen LogP contribution in [0.15, 0.2) is 24.3 Å². The van der Waals surface area contributed by atoms with Crippen molar-refractivity contribution >= 4 is 5.97 Å². The second kappa shape index (κ2) is 7.42. The maximum atomic E-state index is 10.6. The van der Waals surface area contributed by atoms with Gasteiger partial charge < -0.3 is 10.0 Å². The molecule has 2 aromatic rings. The molecule has 0 radical (unpaired) electrons. The van der Waals surface area contributed by atoms with Crippen molar-refractivity contribution in [2.45, 2.75) is 40.2 Å². The zero-order chi connectivity index (χ0) is 17.0. The van der Waals surface area contributed by atoms with Gasteiger partial charge in [0.2, 0.25) is 0 Å². The highest BCUT2D eigenvalue weighted by molar-refractivity contribution is 5.66. The van der Waals surface area contributed by atoms with Crippen molar-refractivity contribution in [2.75, 3.05) is 13.6 Å². The standard InChI is InChI=1S/C18H25N3O2/c1-13-8-5-6-9-17(13)21-15(3)16(14(2)19-21)12-20(4)11-7-10-18(22)23/h5-6,8-9H,7,10-12H2,1-4H3,(H,22,23). The van der Waals surface area contributed by atoms with Gasteiger partial charge in [-0.25, -0.2) is 4.68 Å².